The smallest absolute Gasteiger partial charge is 0.271 e. The van der Waals surface area contributed by atoms with E-state index < -0.39 is 5.54 Å². The van der Waals surface area contributed by atoms with Crippen molar-refractivity contribution in [2.75, 3.05) is 0 Å². The van der Waals surface area contributed by atoms with Gasteiger partial charge >= 0.3 is 0 Å². The van der Waals surface area contributed by atoms with E-state index in [2.05, 4.69) is 18.3 Å². The molecule has 5 nitrogen and oxygen atoms in total. The number of aromatic nitrogens is 1. The standard InChI is InChI=1S/C24H27N3O2S/c1-16-7-3-4-8-18(16)14-27-21(28)20-13-17-11-12-30-22(17)26(20)15-24(27,2)23(29)25-19-9-5-6-10-19/h3-4,7-8,11-13,19H,5-6,9-10,14-15H2,1-2H3,(H,25,29). The molecule has 30 heavy (non-hydrogen) atoms. The van der Waals surface area contributed by atoms with Crippen LogP contribution in [0.25, 0.3) is 10.2 Å². The van der Waals surface area contributed by atoms with E-state index in [1.165, 1.54) is 0 Å². The number of amides is 2. The highest BCUT2D eigenvalue weighted by Crippen LogP contribution is 2.36. The van der Waals surface area contributed by atoms with E-state index in [1.807, 2.05) is 47.2 Å². The van der Waals surface area contributed by atoms with Crippen LogP contribution in [-0.2, 0) is 17.9 Å². The fourth-order valence-electron chi connectivity index (χ4n) is 4.87. The van der Waals surface area contributed by atoms with Gasteiger partial charge in [-0.1, -0.05) is 37.1 Å². The molecule has 3 heterocycles. The first kappa shape index (κ1) is 19.4. The molecule has 1 saturated carbocycles. The molecule has 0 bridgehead atoms. The Morgan fingerprint density at radius 1 is 1.23 bits per heavy atom. The quantitative estimate of drug-likeness (QED) is 0.675. The third kappa shape index (κ3) is 3.05. The maximum Gasteiger partial charge on any atom is 0.271 e. The van der Waals surface area contributed by atoms with E-state index in [1.54, 1.807) is 16.2 Å². The van der Waals surface area contributed by atoms with Crippen LogP contribution in [0.4, 0.5) is 0 Å². The van der Waals surface area contributed by atoms with Crippen LogP contribution in [0.5, 0.6) is 0 Å². The number of hydrogen-bond acceptors (Lipinski definition) is 3. The fraction of sp³-hybridized carbons (Fsp3) is 0.417. The molecule has 156 valence electrons. The summed E-state index contributed by atoms with van der Waals surface area (Å²) in [5.74, 6) is -0.114. The third-order valence-corrected chi connectivity index (χ3v) is 7.75. The van der Waals surface area contributed by atoms with Crippen molar-refractivity contribution in [3.63, 3.8) is 0 Å². The minimum atomic E-state index is -0.940. The van der Waals surface area contributed by atoms with Gasteiger partial charge in [0.25, 0.3) is 5.91 Å². The topological polar surface area (TPSA) is 54.3 Å². The van der Waals surface area contributed by atoms with Crippen molar-refractivity contribution in [2.24, 2.45) is 0 Å². The molecule has 2 aromatic heterocycles. The second-order valence-corrected chi connectivity index (χ2v) is 9.74. The molecule has 0 radical (unpaired) electrons. The van der Waals surface area contributed by atoms with Crippen LogP contribution < -0.4 is 5.32 Å². The normalized spacial score (nSPS) is 21.9. The molecule has 3 aromatic rings. The minimum Gasteiger partial charge on any atom is -0.351 e. The molecular weight excluding hydrogens is 394 g/mol. The number of rotatable bonds is 4. The van der Waals surface area contributed by atoms with Crippen molar-refractivity contribution in [3.8, 4) is 0 Å². The highest BCUT2D eigenvalue weighted by Gasteiger charge is 2.48. The lowest BCUT2D eigenvalue weighted by molar-refractivity contribution is -0.133. The molecule has 1 aromatic carbocycles. The molecule has 1 fully saturated rings. The maximum absolute atomic E-state index is 13.7. The van der Waals surface area contributed by atoms with Crippen molar-refractivity contribution in [1.29, 1.82) is 0 Å². The van der Waals surface area contributed by atoms with Crippen molar-refractivity contribution >= 4 is 33.4 Å². The van der Waals surface area contributed by atoms with Crippen LogP contribution in [0.15, 0.2) is 41.8 Å². The molecule has 1 aliphatic carbocycles. The summed E-state index contributed by atoms with van der Waals surface area (Å²) in [6.45, 7) is 4.88. The molecule has 1 atom stereocenters. The highest BCUT2D eigenvalue weighted by atomic mass is 32.1. The Balaban J connectivity index is 1.57. The number of hydrogen-bond donors (Lipinski definition) is 1. The van der Waals surface area contributed by atoms with Gasteiger partial charge in [0, 0.05) is 18.0 Å². The Labute approximate surface area is 180 Å². The van der Waals surface area contributed by atoms with Crippen LogP contribution in [0, 0.1) is 6.92 Å². The summed E-state index contributed by atoms with van der Waals surface area (Å²) in [5, 5.41) is 6.37. The highest BCUT2D eigenvalue weighted by molar-refractivity contribution is 7.16. The number of carbonyl (C=O) groups excluding carboxylic acids is 2. The average Bonchev–Trinajstić information content (AvgIpc) is 3.45. The Bertz CT molecular complexity index is 1120. The van der Waals surface area contributed by atoms with E-state index in [0.29, 0.717) is 18.8 Å². The predicted octanol–water partition coefficient (Wildman–Crippen LogP) is 4.48. The van der Waals surface area contributed by atoms with Gasteiger partial charge in [-0.05, 0) is 55.3 Å². The predicted molar refractivity (Wildman–Crippen MR) is 120 cm³/mol. The first-order valence-electron chi connectivity index (χ1n) is 10.7. The number of nitrogens with zero attached hydrogens (tertiary/aromatic N) is 2. The zero-order valence-electron chi connectivity index (χ0n) is 17.5. The molecule has 1 aliphatic heterocycles. The first-order chi connectivity index (χ1) is 14.5. The maximum atomic E-state index is 13.7. The lowest BCUT2D eigenvalue weighted by Crippen LogP contribution is -2.64. The zero-order valence-corrected chi connectivity index (χ0v) is 18.3. The molecular formula is C24H27N3O2S. The summed E-state index contributed by atoms with van der Waals surface area (Å²) < 4.78 is 2.05. The molecule has 0 saturated heterocycles. The minimum absolute atomic E-state index is 0.0413. The van der Waals surface area contributed by atoms with Gasteiger partial charge in [0.15, 0.2) is 0 Å². The summed E-state index contributed by atoms with van der Waals surface area (Å²) in [5.41, 5.74) is 1.94. The van der Waals surface area contributed by atoms with Gasteiger partial charge in [0.2, 0.25) is 5.91 Å². The zero-order chi connectivity index (χ0) is 20.9. The Hall–Kier alpha value is -2.60. The van der Waals surface area contributed by atoms with Crippen molar-refractivity contribution in [1.82, 2.24) is 14.8 Å². The van der Waals surface area contributed by atoms with Gasteiger partial charge in [-0.15, -0.1) is 11.3 Å². The Kier molecular flexibility index (Phi) is 4.69. The second-order valence-electron chi connectivity index (χ2n) is 8.84. The van der Waals surface area contributed by atoms with Gasteiger partial charge in [-0.3, -0.25) is 9.59 Å². The van der Waals surface area contributed by atoms with E-state index >= 15 is 0 Å². The van der Waals surface area contributed by atoms with Crippen molar-refractivity contribution < 1.29 is 9.59 Å². The van der Waals surface area contributed by atoms with Crippen molar-refractivity contribution in [3.05, 3.63) is 58.6 Å². The number of aryl methyl sites for hydroxylation is 1. The van der Waals surface area contributed by atoms with Gasteiger partial charge in [-0.2, -0.15) is 0 Å². The summed E-state index contributed by atoms with van der Waals surface area (Å²) in [6, 6.07) is 12.3. The lowest BCUT2D eigenvalue weighted by Gasteiger charge is -2.44. The average molecular weight is 422 g/mol. The second kappa shape index (κ2) is 7.27. The van der Waals surface area contributed by atoms with E-state index in [-0.39, 0.29) is 17.9 Å². The molecule has 0 spiro atoms. The number of nitrogens with one attached hydrogen (secondary N) is 1. The molecule has 1 N–H and O–H groups in total. The largest absolute Gasteiger partial charge is 0.351 e. The van der Waals surface area contributed by atoms with Crippen molar-refractivity contribution in [2.45, 2.75) is 64.2 Å². The Morgan fingerprint density at radius 3 is 2.77 bits per heavy atom. The van der Waals surface area contributed by atoms with Crippen LogP contribution in [0.3, 0.4) is 0 Å². The number of benzene rings is 1. The van der Waals surface area contributed by atoms with E-state index in [9.17, 15) is 9.59 Å². The number of carbonyl (C=O) groups is 2. The monoisotopic (exact) mass is 421 g/mol. The number of thiophene rings is 1. The van der Waals surface area contributed by atoms with Gasteiger partial charge in [0.1, 0.15) is 16.1 Å². The fourth-order valence-corrected chi connectivity index (χ4v) is 5.77. The lowest BCUT2D eigenvalue weighted by atomic mass is 9.93. The van der Waals surface area contributed by atoms with Gasteiger partial charge in [-0.25, -0.2) is 0 Å². The van der Waals surface area contributed by atoms with Crippen LogP contribution in [-0.4, -0.2) is 32.9 Å². The summed E-state index contributed by atoms with van der Waals surface area (Å²) >= 11 is 1.62. The first-order valence-corrected chi connectivity index (χ1v) is 11.6. The summed E-state index contributed by atoms with van der Waals surface area (Å²) in [6.07, 6.45) is 4.37. The SMILES string of the molecule is Cc1ccccc1CN1C(=O)c2cc3ccsc3n2CC1(C)C(=O)NC1CCCC1. The molecule has 6 heteroatoms. The van der Waals surface area contributed by atoms with E-state index in [4.69, 9.17) is 0 Å². The third-order valence-electron chi connectivity index (χ3n) is 6.80. The number of fused-ring (bicyclic) bond motifs is 3. The van der Waals surface area contributed by atoms with Crippen LogP contribution >= 0.6 is 11.3 Å². The van der Waals surface area contributed by atoms with Crippen LogP contribution in [0.2, 0.25) is 0 Å². The Morgan fingerprint density at radius 2 is 2.00 bits per heavy atom. The molecule has 5 rings (SSSR count). The van der Waals surface area contributed by atoms with Gasteiger partial charge in [0.05, 0.1) is 6.54 Å². The molecule has 2 aliphatic rings. The molecule has 1 unspecified atom stereocenters. The van der Waals surface area contributed by atoms with E-state index in [0.717, 1.165) is 47.0 Å². The summed E-state index contributed by atoms with van der Waals surface area (Å²) in [4.78, 5) is 30.1. The van der Waals surface area contributed by atoms with Crippen LogP contribution in [0.1, 0.15) is 54.2 Å². The summed E-state index contributed by atoms with van der Waals surface area (Å²) in [7, 11) is 0. The van der Waals surface area contributed by atoms with Gasteiger partial charge < -0.3 is 14.8 Å². The molecule has 2 amide bonds.